The SMILES string of the molecule is O=C1CC(CCl)=Nc2cnccc21. The number of Topliss-reactive ketones (excluding diaryl/α,β-unsaturated/α-hetero) is 1. The van der Waals surface area contributed by atoms with Crippen LogP contribution in [0.5, 0.6) is 0 Å². The van der Waals surface area contributed by atoms with Crippen LogP contribution in [0.4, 0.5) is 5.69 Å². The molecule has 1 aliphatic rings. The maximum absolute atomic E-state index is 11.5. The Balaban J connectivity index is 2.53. The summed E-state index contributed by atoms with van der Waals surface area (Å²) < 4.78 is 0. The molecule has 2 heterocycles. The van der Waals surface area contributed by atoms with Crippen LogP contribution in [0.25, 0.3) is 0 Å². The minimum atomic E-state index is 0.0723. The number of rotatable bonds is 1. The van der Waals surface area contributed by atoms with Crippen molar-refractivity contribution < 1.29 is 4.79 Å². The number of ketones is 1. The average Bonchev–Trinajstić information content (AvgIpc) is 2.18. The fourth-order valence-electron chi connectivity index (χ4n) is 1.28. The molecular weight excluding hydrogens is 188 g/mol. The van der Waals surface area contributed by atoms with E-state index in [4.69, 9.17) is 11.6 Å². The number of nitrogens with zero attached hydrogens (tertiary/aromatic N) is 2. The summed E-state index contributed by atoms with van der Waals surface area (Å²) in [6.07, 6.45) is 3.51. The molecule has 0 saturated carbocycles. The quantitative estimate of drug-likeness (QED) is 0.642. The van der Waals surface area contributed by atoms with E-state index in [9.17, 15) is 4.79 Å². The predicted octanol–water partition coefficient (Wildman–Crippen LogP) is 1.98. The zero-order valence-corrected chi connectivity index (χ0v) is 7.58. The van der Waals surface area contributed by atoms with Crippen LogP contribution in [0.3, 0.4) is 0 Å². The summed E-state index contributed by atoms with van der Waals surface area (Å²) in [6.45, 7) is 0. The summed E-state index contributed by atoms with van der Waals surface area (Å²) in [4.78, 5) is 19.6. The molecule has 4 heteroatoms. The molecule has 1 aliphatic heterocycles. The van der Waals surface area contributed by atoms with Gasteiger partial charge in [0, 0.05) is 17.5 Å². The number of halogens is 1. The molecule has 0 radical (unpaired) electrons. The van der Waals surface area contributed by atoms with Crippen molar-refractivity contribution in [1.82, 2.24) is 4.98 Å². The maximum atomic E-state index is 11.5. The first kappa shape index (κ1) is 8.38. The smallest absolute Gasteiger partial charge is 0.170 e. The molecule has 1 aromatic rings. The number of aliphatic imine (C=N–C) groups is 1. The Morgan fingerprint density at radius 2 is 2.38 bits per heavy atom. The highest BCUT2D eigenvalue weighted by atomic mass is 35.5. The van der Waals surface area contributed by atoms with Crippen molar-refractivity contribution in [3.8, 4) is 0 Å². The molecular formula is C9H7ClN2O. The molecule has 0 N–H and O–H groups in total. The second-order valence-electron chi connectivity index (χ2n) is 2.80. The Labute approximate surface area is 80.5 Å². The second-order valence-corrected chi connectivity index (χ2v) is 3.07. The number of alkyl halides is 1. The lowest BCUT2D eigenvalue weighted by Crippen LogP contribution is -2.14. The van der Waals surface area contributed by atoms with Gasteiger partial charge < -0.3 is 0 Å². The average molecular weight is 195 g/mol. The van der Waals surface area contributed by atoms with Gasteiger partial charge in [-0.3, -0.25) is 14.8 Å². The molecule has 1 aromatic heterocycles. The number of fused-ring (bicyclic) bond motifs is 1. The third-order valence-corrected chi connectivity index (χ3v) is 2.21. The summed E-state index contributed by atoms with van der Waals surface area (Å²) in [5, 5.41) is 0. The molecule has 66 valence electrons. The van der Waals surface area contributed by atoms with Gasteiger partial charge >= 0.3 is 0 Å². The van der Waals surface area contributed by atoms with Gasteiger partial charge in [-0.2, -0.15) is 0 Å². The lowest BCUT2D eigenvalue weighted by atomic mass is 10.0. The molecule has 0 spiro atoms. The number of hydrogen-bond acceptors (Lipinski definition) is 3. The van der Waals surface area contributed by atoms with Gasteiger partial charge in [-0.05, 0) is 6.07 Å². The van der Waals surface area contributed by atoms with Crippen molar-refractivity contribution in [3.05, 3.63) is 24.0 Å². The van der Waals surface area contributed by atoms with Gasteiger partial charge in [-0.15, -0.1) is 11.6 Å². The summed E-state index contributed by atoms with van der Waals surface area (Å²) in [5.74, 6) is 0.378. The number of hydrogen-bond donors (Lipinski definition) is 0. The highest BCUT2D eigenvalue weighted by molar-refractivity contribution is 6.32. The monoisotopic (exact) mass is 194 g/mol. The molecule has 0 unspecified atom stereocenters. The van der Waals surface area contributed by atoms with E-state index in [1.807, 2.05) is 0 Å². The van der Waals surface area contributed by atoms with Gasteiger partial charge in [0.25, 0.3) is 0 Å². The van der Waals surface area contributed by atoms with Crippen LogP contribution in [0.1, 0.15) is 16.8 Å². The lowest BCUT2D eigenvalue weighted by Gasteiger charge is -2.11. The summed E-state index contributed by atoms with van der Waals surface area (Å²) in [6, 6.07) is 1.69. The van der Waals surface area contributed by atoms with Crippen molar-refractivity contribution in [3.63, 3.8) is 0 Å². The van der Waals surface area contributed by atoms with Gasteiger partial charge in [0.1, 0.15) is 0 Å². The summed E-state index contributed by atoms with van der Waals surface area (Å²) in [7, 11) is 0. The van der Waals surface area contributed by atoms with Gasteiger partial charge in [-0.1, -0.05) is 0 Å². The largest absolute Gasteiger partial charge is 0.294 e. The van der Waals surface area contributed by atoms with E-state index < -0.39 is 0 Å². The van der Waals surface area contributed by atoms with Crippen LogP contribution in [-0.4, -0.2) is 22.4 Å². The van der Waals surface area contributed by atoms with Crippen molar-refractivity contribution in [2.75, 3.05) is 5.88 Å². The third kappa shape index (κ3) is 1.47. The molecule has 0 bridgehead atoms. The van der Waals surface area contributed by atoms with Crippen molar-refractivity contribution in [2.45, 2.75) is 6.42 Å². The minimum Gasteiger partial charge on any atom is -0.294 e. The van der Waals surface area contributed by atoms with Gasteiger partial charge in [0.2, 0.25) is 0 Å². The number of aromatic nitrogens is 1. The molecule has 0 fully saturated rings. The van der Waals surface area contributed by atoms with Gasteiger partial charge in [-0.25, -0.2) is 0 Å². The van der Waals surface area contributed by atoms with E-state index in [2.05, 4.69) is 9.98 Å². The number of carbonyl (C=O) groups excluding carboxylic acids is 1. The molecule has 0 aliphatic carbocycles. The van der Waals surface area contributed by atoms with Crippen LogP contribution in [0.2, 0.25) is 0 Å². The molecule has 0 atom stereocenters. The highest BCUT2D eigenvalue weighted by Gasteiger charge is 2.18. The van der Waals surface area contributed by atoms with E-state index >= 15 is 0 Å². The minimum absolute atomic E-state index is 0.0723. The van der Waals surface area contributed by atoms with E-state index in [-0.39, 0.29) is 5.78 Å². The molecule has 13 heavy (non-hydrogen) atoms. The fraction of sp³-hybridized carbons (Fsp3) is 0.222. The van der Waals surface area contributed by atoms with Crippen LogP contribution in [0, 0.1) is 0 Å². The van der Waals surface area contributed by atoms with Crippen molar-refractivity contribution in [2.24, 2.45) is 4.99 Å². The number of carbonyl (C=O) groups is 1. The fourth-order valence-corrected chi connectivity index (χ4v) is 1.43. The Hall–Kier alpha value is -1.22. The first-order valence-corrected chi connectivity index (χ1v) is 4.44. The standard InChI is InChI=1S/C9H7ClN2O/c10-4-6-3-9(13)7-1-2-11-5-8(7)12-6/h1-2,5H,3-4H2. The van der Waals surface area contributed by atoms with Crippen LogP contribution in [0.15, 0.2) is 23.5 Å². The summed E-state index contributed by atoms with van der Waals surface area (Å²) >= 11 is 5.61. The van der Waals surface area contributed by atoms with Gasteiger partial charge in [0.15, 0.2) is 5.78 Å². The molecule has 3 nitrogen and oxygen atoms in total. The number of pyridine rings is 1. The lowest BCUT2D eigenvalue weighted by molar-refractivity contribution is 0.0999. The third-order valence-electron chi connectivity index (χ3n) is 1.90. The predicted molar refractivity (Wildman–Crippen MR) is 51.0 cm³/mol. The van der Waals surface area contributed by atoms with E-state index in [0.29, 0.717) is 29.3 Å². The molecule has 2 rings (SSSR count). The van der Waals surface area contributed by atoms with E-state index in [1.165, 1.54) is 0 Å². The normalized spacial score (nSPS) is 15.2. The zero-order chi connectivity index (χ0) is 9.26. The maximum Gasteiger partial charge on any atom is 0.170 e. The molecule has 0 saturated heterocycles. The second kappa shape index (κ2) is 3.26. The zero-order valence-electron chi connectivity index (χ0n) is 6.83. The Bertz CT molecular complexity index is 387. The first-order chi connectivity index (χ1) is 6.31. The van der Waals surface area contributed by atoms with Crippen molar-refractivity contribution in [1.29, 1.82) is 0 Å². The van der Waals surface area contributed by atoms with Gasteiger partial charge in [0.05, 0.1) is 24.2 Å². The Kier molecular flexibility index (Phi) is 2.10. The van der Waals surface area contributed by atoms with Crippen LogP contribution < -0.4 is 0 Å². The van der Waals surface area contributed by atoms with E-state index in [0.717, 1.165) is 0 Å². The Morgan fingerprint density at radius 3 is 3.15 bits per heavy atom. The van der Waals surface area contributed by atoms with Crippen molar-refractivity contribution >= 4 is 28.8 Å². The summed E-state index contributed by atoms with van der Waals surface area (Å²) in [5.41, 5.74) is 1.99. The van der Waals surface area contributed by atoms with E-state index in [1.54, 1.807) is 18.5 Å². The highest BCUT2D eigenvalue weighted by Crippen LogP contribution is 2.24. The Morgan fingerprint density at radius 1 is 1.54 bits per heavy atom. The van der Waals surface area contributed by atoms with Crippen LogP contribution >= 0.6 is 11.6 Å². The first-order valence-electron chi connectivity index (χ1n) is 3.91. The van der Waals surface area contributed by atoms with Crippen LogP contribution in [-0.2, 0) is 0 Å². The topological polar surface area (TPSA) is 42.3 Å². The molecule has 0 amide bonds. The molecule has 0 aromatic carbocycles.